The third-order valence-electron chi connectivity index (χ3n) is 3.87. The van der Waals surface area contributed by atoms with Gasteiger partial charge in [0.1, 0.15) is 0 Å². The highest BCUT2D eigenvalue weighted by Gasteiger charge is 2.11. The summed E-state index contributed by atoms with van der Waals surface area (Å²) in [5, 5.41) is 0. The fourth-order valence-corrected chi connectivity index (χ4v) is 4.26. The van der Waals surface area contributed by atoms with Gasteiger partial charge in [-0.15, -0.1) is 0 Å². The molecule has 0 saturated heterocycles. The van der Waals surface area contributed by atoms with Crippen molar-refractivity contribution in [1.29, 1.82) is 0 Å². The van der Waals surface area contributed by atoms with Crippen LogP contribution >= 0.6 is 23.9 Å². The van der Waals surface area contributed by atoms with Crippen molar-refractivity contribution in [2.45, 2.75) is 23.6 Å². The zero-order chi connectivity index (χ0) is 18.8. The Kier molecular flexibility index (Phi) is 9.53. The summed E-state index contributed by atoms with van der Waals surface area (Å²) in [5.74, 6) is 0. The Balaban J connectivity index is 1.92. The van der Waals surface area contributed by atoms with E-state index in [1.807, 2.05) is 0 Å². The number of rotatable bonds is 11. The second-order valence-corrected chi connectivity index (χ2v) is 8.58. The van der Waals surface area contributed by atoms with Gasteiger partial charge < -0.3 is 11.5 Å². The highest BCUT2D eigenvalue weighted by atomic mass is 32.2. The van der Waals surface area contributed by atoms with Crippen LogP contribution in [0.25, 0.3) is 0 Å². The summed E-state index contributed by atoms with van der Waals surface area (Å²) >= 11 is 3.55. The number of nitrogens with two attached hydrogens (primary N) is 2. The molecule has 0 aliphatic rings. The standard InChI is InChI=1S/C20H30N4S2/c1-17-3-7-19(8-4-17)25-23(13-11-21)15-16-24(14-12-22)26-20-9-5-18(2)6-10-20/h3-10H,11-16,21-22H2,1-2H3. The average Bonchev–Trinajstić information content (AvgIpc) is 2.63. The molecule has 2 aromatic carbocycles. The maximum atomic E-state index is 5.82. The third kappa shape index (κ3) is 7.70. The molecule has 2 aromatic rings. The molecule has 142 valence electrons. The van der Waals surface area contributed by atoms with E-state index in [2.05, 4.69) is 71.0 Å². The second kappa shape index (κ2) is 11.6. The molecule has 0 amide bonds. The first kappa shape index (κ1) is 21.3. The van der Waals surface area contributed by atoms with Crippen molar-refractivity contribution in [2.24, 2.45) is 11.5 Å². The fourth-order valence-electron chi connectivity index (χ4n) is 2.41. The van der Waals surface area contributed by atoms with Crippen molar-refractivity contribution in [3.8, 4) is 0 Å². The van der Waals surface area contributed by atoms with Crippen LogP contribution in [0.4, 0.5) is 0 Å². The van der Waals surface area contributed by atoms with Gasteiger partial charge in [0.2, 0.25) is 0 Å². The quantitative estimate of drug-likeness (QED) is 0.572. The molecule has 6 heteroatoms. The highest BCUT2D eigenvalue weighted by Crippen LogP contribution is 2.25. The first-order valence-corrected chi connectivity index (χ1v) is 10.5. The van der Waals surface area contributed by atoms with Gasteiger partial charge in [-0.2, -0.15) is 0 Å². The Morgan fingerprint density at radius 2 is 0.962 bits per heavy atom. The zero-order valence-corrected chi connectivity index (χ0v) is 17.4. The molecule has 4 N–H and O–H groups in total. The molecule has 0 aromatic heterocycles. The molecule has 0 aliphatic heterocycles. The molecule has 0 saturated carbocycles. The van der Waals surface area contributed by atoms with Crippen LogP contribution < -0.4 is 11.5 Å². The number of aryl methyl sites for hydroxylation is 2. The Bertz CT molecular complexity index is 574. The zero-order valence-electron chi connectivity index (χ0n) is 15.7. The van der Waals surface area contributed by atoms with Crippen molar-refractivity contribution >= 4 is 23.9 Å². The number of benzene rings is 2. The molecule has 0 spiro atoms. The topological polar surface area (TPSA) is 58.5 Å². The fraction of sp³-hybridized carbons (Fsp3) is 0.400. The van der Waals surface area contributed by atoms with Crippen LogP contribution in [0, 0.1) is 13.8 Å². The van der Waals surface area contributed by atoms with Gasteiger partial charge in [-0.25, -0.2) is 8.61 Å². The van der Waals surface area contributed by atoms with Crippen molar-refractivity contribution < 1.29 is 0 Å². The minimum absolute atomic E-state index is 0.654. The van der Waals surface area contributed by atoms with Gasteiger partial charge in [-0.3, -0.25) is 0 Å². The predicted octanol–water partition coefficient (Wildman–Crippen LogP) is 3.54. The van der Waals surface area contributed by atoms with Crippen LogP contribution in [0.5, 0.6) is 0 Å². The predicted molar refractivity (Wildman–Crippen MR) is 115 cm³/mol. The second-order valence-electron chi connectivity index (χ2n) is 6.24. The van der Waals surface area contributed by atoms with Gasteiger partial charge in [-0.1, -0.05) is 35.4 Å². The van der Waals surface area contributed by atoms with E-state index in [-0.39, 0.29) is 0 Å². The lowest BCUT2D eigenvalue weighted by atomic mass is 10.2. The Morgan fingerprint density at radius 3 is 1.27 bits per heavy atom. The van der Waals surface area contributed by atoms with Crippen LogP contribution in [0.1, 0.15) is 11.1 Å². The van der Waals surface area contributed by atoms with Gasteiger partial charge in [0, 0.05) is 49.1 Å². The van der Waals surface area contributed by atoms with Gasteiger partial charge in [0.05, 0.1) is 0 Å². The van der Waals surface area contributed by atoms with Crippen molar-refractivity contribution in [1.82, 2.24) is 8.61 Å². The normalized spacial score (nSPS) is 11.5. The molecule has 0 heterocycles. The lowest BCUT2D eigenvalue weighted by molar-refractivity contribution is 0.398. The van der Waals surface area contributed by atoms with Crippen LogP contribution in [0.2, 0.25) is 0 Å². The Hall–Kier alpha value is -1.02. The molecule has 4 nitrogen and oxygen atoms in total. The monoisotopic (exact) mass is 390 g/mol. The Morgan fingerprint density at radius 1 is 0.615 bits per heavy atom. The molecule has 0 aliphatic carbocycles. The maximum absolute atomic E-state index is 5.82. The summed E-state index contributed by atoms with van der Waals surface area (Å²) in [7, 11) is 0. The average molecular weight is 391 g/mol. The van der Waals surface area contributed by atoms with Crippen LogP contribution in [0.15, 0.2) is 58.3 Å². The lowest BCUT2D eigenvalue weighted by Gasteiger charge is -2.25. The third-order valence-corrected chi connectivity index (χ3v) is 6.08. The van der Waals surface area contributed by atoms with Crippen molar-refractivity contribution in [3.63, 3.8) is 0 Å². The summed E-state index contributed by atoms with van der Waals surface area (Å²) in [4.78, 5) is 2.50. The molecule has 0 radical (unpaired) electrons. The van der Waals surface area contributed by atoms with Gasteiger partial charge in [0.25, 0.3) is 0 Å². The Labute approximate surface area is 166 Å². The van der Waals surface area contributed by atoms with E-state index in [1.54, 1.807) is 23.9 Å². The van der Waals surface area contributed by atoms with E-state index in [0.717, 1.165) is 26.2 Å². The molecule has 2 rings (SSSR count). The minimum Gasteiger partial charge on any atom is -0.329 e. The molecule has 0 bridgehead atoms. The summed E-state index contributed by atoms with van der Waals surface area (Å²) in [6.07, 6.45) is 0. The molecule has 0 unspecified atom stereocenters. The first-order valence-electron chi connectivity index (χ1n) is 9.00. The van der Waals surface area contributed by atoms with Crippen molar-refractivity contribution in [3.05, 3.63) is 59.7 Å². The van der Waals surface area contributed by atoms with E-state index < -0.39 is 0 Å². The van der Waals surface area contributed by atoms with Gasteiger partial charge >= 0.3 is 0 Å². The van der Waals surface area contributed by atoms with E-state index >= 15 is 0 Å². The minimum atomic E-state index is 0.654. The molecule has 0 fully saturated rings. The largest absolute Gasteiger partial charge is 0.329 e. The highest BCUT2D eigenvalue weighted by molar-refractivity contribution is 7.97. The number of hydrogen-bond donors (Lipinski definition) is 2. The van der Waals surface area contributed by atoms with E-state index in [0.29, 0.717) is 13.1 Å². The smallest absolute Gasteiger partial charge is 0.0231 e. The number of nitrogens with zero attached hydrogens (tertiary/aromatic N) is 2. The molecular weight excluding hydrogens is 360 g/mol. The van der Waals surface area contributed by atoms with Gasteiger partial charge in [-0.05, 0) is 62.0 Å². The molecule has 26 heavy (non-hydrogen) atoms. The molecule has 0 atom stereocenters. The van der Waals surface area contributed by atoms with Gasteiger partial charge in [0.15, 0.2) is 0 Å². The summed E-state index contributed by atoms with van der Waals surface area (Å²) < 4.78 is 4.67. The van der Waals surface area contributed by atoms with Crippen LogP contribution in [0.3, 0.4) is 0 Å². The SMILES string of the molecule is Cc1ccc(SN(CCN)CCN(CCN)Sc2ccc(C)cc2)cc1. The first-order chi connectivity index (χ1) is 12.6. The lowest BCUT2D eigenvalue weighted by Crippen LogP contribution is -2.33. The summed E-state index contributed by atoms with van der Waals surface area (Å²) in [6.45, 7) is 9.14. The van der Waals surface area contributed by atoms with Crippen molar-refractivity contribution in [2.75, 3.05) is 39.3 Å². The summed E-state index contributed by atoms with van der Waals surface area (Å²) in [5.41, 5.74) is 14.2. The van der Waals surface area contributed by atoms with Crippen LogP contribution in [-0.2, 0) is 0 Å². The summed E-state index contributed by atoms with van der Waals surface area (Å²) in [6, 6.07) is 17.3. The molecular formula is C20H30N4S2. The van der Waals surface area contributed by atoms with E-state index in [9.17, 15) is 0 Å². The maximum Gasteiger partial charge on any atom is 0.0231 e. The number of hydrogen-bond acceptors (Lipinski definition) is 6. The van der Waals surface area contributed by atoms with Crippen LogP contribution in [-0.4, -0.2) is 47.9 Å². The van der Waals surface area contributed by atoms with E-state index in [1.165, 1.54) is 20.9 Å². The van der Waals surface area contributed by atoms with E-state index in [4.69, 9.17) is 11.5 Å².